The van der Waals surface area contributed by atoms with Crippen LogP contribution in [0.3, 0.4) is 0 Å². The summed E-state index contributed by atoms with van der Waals surface area (Å²) >= 11 is 9.21. The number of benzene rings is 2. The maximum absolute atomic E-state index is 12.9. The lowest BCUT2D eigenvalue weighted by Crippen LogP contribution is -2.48. The van der Waals surface area contributed by atoms with Gasteiger partial charge in [-0.2, -0.15) is 0 Å². The average Bonchev–Trinajstić information content (AvgIpc) is 2.68. The molecule has 0 spiro atoms. The first-order valence-electron chi connectivity index (χ1n) is 8.72. The summed E-state index contributed by atoms with van der Waals surface area (Å²) in [4.78, 5) is 17.0. The van der Waals surface area contributed by atoms with Gasteiger partial charge in [-0.1, -0.05) is 11.6 Å². The van der Waals surface area contributed by atoms with Gasteiger partial charge in [0.15, 0.2) is 0 Å². The van der Waals surface area contributed by atoms with Crippen molar-refractivity contribution in [3.8, 4) is 0 Å². The molecule has 3 rings (SSSR count). The zero-order valence-electron chi connectivity index (χ0n) is 15.6. The minimum Gasteiger partial charge on any atom is -0.368 e. The largest absolute Gasteiger partial charge is 0.368 e. The van der Waals surface area contributed by atoms with E-state index in [1.165, 1.54) is 20.2 Å². The lowest BCUT2D eigenvalue weighted by molar-refractivity contribution is 0.0746. The second kappa shape index (κ2) is 8.41. The molecule has 0 N–H and O–H groups in total. The number of carbonyl (C=O) groups is 1. The average molecular weight is 487 g/mol. The van der Waals surface area contributed by atoms with Crippen LogP contribution in [-0.2, 0) is 10.0 Å². The van der Waals surface area contributed by atoms with Crippen molar-refractivity contribution in [3.63, 3.8) is 0 Å². The zero-order valence-corrected chi connectivity index (χ0v) is 18.8. The molecule has 1 aliphatic rings. The number of halogens is 2. The van der Waals surface area contributed by atoms with Crippen molar-refractivity contribution in [1.82, 2.24) is 9.21 Å². The monoisotopic (exact) mass is 485 g/mol. The van der Waals surface area contributed by atoms with Crippen LogP contribution in [0.5, 0.6) is 0 Å². The molecule has 0 unspecified atom stereocenters. The van der Waals surface area contributed by atoms with Crippen molar-refractivity contribution >= 4 is 49.1 Å². The van der Waals surface area contributed by atoms with E-state index >= 15 is 0 Å². The van der Waals surface area contributed by atoms with Gasteiger partial charge in [-0.3, -0.25) is 4.79 Å². The fourth-order valence-corrected chi connectivity index (χ4v) is 5.00. The van der Waals surface area contributed by atoms with E-state index < -0.39 is 10.0 Å². The fraction of sp³-hybridized carbons (Fsp3) is 0.316. The first-order valence-corrected chi connectivity index (χ1v) is 11.3. The van der Waals surface area contributed by atoms with E-state index in [1.807, 2.05) is 24.3 Å². The van der Waals surface area contributed by atoms with Gasteiger partial charge >= 0.3 is 0 Å². The van der Waals surface area contributed by atoms with E-state index in [0.717, 1.165) is 9.99 Å². The summed E-state index contributed by atoms with van der Waals surface area (Å²) in [5.41, 5.74) is 1.43. The fourth-order valence-electron chi connectivity index (χ4n) is 3.03. The Morgan fingerprint density at radius 3 is 2.21 bits per heavy atom. The standard InChI is InChI=1S/C19H21BrClN3O3S/c1-22(2)28(26,27)18-13-14(3-8-17(18)20)19(25)24-11-9-23(10-12-24)16-6-4-15(21)5-7-16/h3-8,13H,9-12H2,1-2H3. The molecule has 0 atom stereocenters. The van der Waals surface area contributed by atoms with Gasteiger partial charge in [0, 0.05) is 61.0 Å². The van der Waals surface area contributed by atoms with Gasteiger partial charge < -0.3 is 9.80 Å². The van der Waals surface area contributed by atoms with E-state index in [-0.39, 0.29) is 10.8 Å². The van der Waals surface area contributed by atoms with Crippen molar-refractivity contribution in [1.29, 1.82) is 0 Å². The van der Waals surface area contributed by atoms with Crippen LogP contribution in [0.15, 0.2) is 51.8 Å². The second-order valence-corrected chi connectivity index (χ2v) is 10.1. The molecule has 1 aliphatic heterocycles. The molecule has 1 heterocycles. The summed E-state index contributed by atoms with van der Waals surface area (Å²) in [5, 5.41) is 0.691. The van der Waals surface area contributed by atoms with Crippen molar-refractivity contribution in [2.75, 3.05) is 45.2 Å². The summed E-state index contributed by atoms with van der Waals surface area (Å²) in [6, 6.07) is 12.3. The highest BCUT2D eigenvalue weighted by atomic mass is 79.9. The van der Waals surface area contributed by atoms with Gasteiger partial charge in [0.1, 0.15) is 0 Å². The smallest absolute Gasteiger partial charge is 0.254 e. The number of piperazine rings is 1. The van der Waals surface area contributed by atoms with Crippen molar-refractivity contribution < 1.29 is 13.2 Å². The topological polar surface area (TPSA) is 60.9 Å². The Morgan fingerprint density at radius 1 is 1.04 bits per heavy atom. The Hall–Kier alpha value is -1.61. The summed E-state index contributed by atoms with van der Waals surface area (Å²) in [6.45, 7) is 2.53. The Kier molecular flexibility index (Phi) is 6.34. The van der Waals surface area contributed by atoms with Gasteiger partial charge in [-0.15, -0.1) is 0 Å². The van der Waals surface area contributed by atoms with Gasteiger partial charge in [0.2, 0.25) is 10.0 Å². The SMILES string of the molecule is CN(C)S(=O)(=O)c1cc(C(=O)N2CCN(c3ccc(Cl)cc3)CC2)ccc1Br. The predicted octanol–water partition coefficient (Wildman–Crippen LogP) is 3.32. The number of sulfonamides is 1. The molecule has 0 radical (unpaired) electrons. The molecule has 9 heteroatoms. The number of amides is 1. The number of hydrogen-bond donors (Lipinski definition) is 0. The second-order valence-electron chi connectivity index (χ2n) is 6.69. The number of nitrogens with zero attached hydrogens (tertiary/aromatic N) is 3. The maximum Gasteiger partial charge on any atom is 0.254 e. The Morgan fingerprint density at radius 2 is 1.64 bits per heavy atom. The summed E-state index contributed by atoms with van der Waals surface area (Å²) in [5.74, 6) is -0.168. The summed E-state index contributed by atoms with van der Waals surface area (Å²) in [7, 11) is -0.717. The molecule has 1 saturated heterocycles. The molecule has 0 saturated carbocycles. The minimum absolute atomic E-state index is 0.0863. The van der Waals surface area contributed by atoms with Crippen molar-refractivity contribution in [2.45, 2.75) is 4.90 Å². The van der Waals surface area contributed by atoms with E-state index in [9.17, 15) is 13.2 Å². The van der Waals surface area contributed by atoms with Crippen LogP contribution in [0.2, 0.25) is 5.02 Å². The quantitative estimate of drug-likeness (QED) is 0.665. The van der Waals surface area contributed by atoms with Crippen LogP contribution in [-0.4, -0.2) is 63.8 Å². The maximum atomic E-state index is 12.9. The Labute approximate surface area is 178 Å². The molecule has 0 bridgehead atoms. The minimum atomic E-state index is -3.65. The molecule has 0 aromatic heterocycles. The molecule has 150 valence electrons. The predicted molar refractivity (Wildman–Crippen MR) is 115 cm³/mol. The highest BCUT2D eigenvalue weighted by Gasteiger charge is 2.26. The van der Waals surface area contributed by atoms with Crippen molar-refractivity contribution in [3.05, 3.63) is 57.5 Å². The van der Waals surface area contributed by atoms with Crippen LogP contribution in [0.4, 0.5) is 5.69 Å². The van der Waals surface area contributed by atoms with E-state index in [4.69, 9.17) is 11.6 Å². The van der Waals surface area contributed by atoms with Gasteiger partial charge in [-0.05, 0) is 58.4 Å². The molecule has 28 heavy (non-hydrogen) atoms. The Balaban J connectivity index is 1.74. The molecule has 2 aromatic carbocycles. The van der Waals surface area contributed by atoms with Gasteiger partial charge in [0.25, 0.3) is 5.91 Å². The third-order valence-corrected chi connectivity index (χ3v) is 7.76. The van der Waals surface area contributed by atoms with Crippen LogP contribution in [0.25, 0.3) is 0 Å². The molecule has 1 fully saturated rings. The third kappa shape index (κ3) is 4.35. The molecule has 1 amide bonds. The number of carbonyl (C=O) groups excluding carboxylic acids is 1. The molecule has 0 aliphatic carbocycles. The first-order chi connectivity index (χ1) is 13.2. The summed E-state index contributed by atoms with van der Waals surface area (Å²) in [6.07, 6.45) is 0. The number of hydrogen-bond acceptors (Lipinski definition) is 4. The van der Waals surface area contributed by atoms with E-state index in [2.05, 4.69) is 20.8 Å². The zero-order chi connectivity index (χ0) is 20.5. The molecule has 6 nitrogen and oxygen atoms in total. The highest BCUT2D eigenvalue weighted by molar-refractivity contribution is 9.10. The number of anilines is 1. The van der Waals surface area contributed by atoms with Gasteiger partial charge in [0.05, 0.1) is 4.90 Å². The Bertz CT molecular complexity index is 972. The van der Waals surface area contributed by atoms with Crippen LogP contribution >= 0.6 is 27.5 Å². The third-order valence-electron chi connectivity index (χ3n) is 4.70. The molecular formula is C19H21BrClN3O3S. The first kappa shape index (κ1) is 21.1. The van der Waals surface area contributed by atoms with Gasteiger partial charge in [-0.25, -0.2) is 12.7 Å². The lowest BCUT2D eigenvalue weighted by Gasteiger charge is -2.36. The van der Waals surface area contributed by atoms with Crippen molar-refractivity contribution in [2.24, 2.45) is 0 Å². The van der Waals surface area contributed by atoms with Crippen LogP contribution in [0.1, 0.15) is 10.4 Å². The highest BCUT2D eigenvalue weighted by Crippen LogP contribution is 2.26. The normalized spacial score (nSPS) is 15.2. The molecular weight excluding hydrogens is 466 g/mol. The molecule has 2 aromatic rings. The number of rotatable bonds is 4. The van der Waals surface area contributed by atoms with E-state index in [0.29, 0.717) is 41.2 Å². The summed E-state index contributed by atoms with van der Waals surface area (Å²) < 4.78 is 26.5. The van der Waals surface area contributed by atoms with E-state index in [1.54, 1.807) is 17.0 Å². The lowest BCUT2D eigenvalue weighted by atomic mass is 10.1. The van der Waals surface area contributed by atoms with Crippen LogP contribution < -0.4 is 4.90 Å². The van der Waals surface area contributed by atoms with Crippen LogP contribution in [0, 0.1) is 0 Å².